The van der Waals surface area contributed by atoms with Gasteiger partial charge in [-0.05, 0) is 30.7 Å². The number of nitrogens with two attached hydrogens (primary N) is 1. The average molecular weight is 239 g/mol. The number of rotatable bonds is 5. The van der Waals surface area contributed by atoms with Gasteiger partial charge in [-0.1, -0.05) is 30.3 Å². The smallest absolute Gasteiger partial charge is 0.246 e. The van der Waals surface area contributed by atoms with Crippen LogP contribution in [0.25, 0.3) is 0 Å². The summed E-state index contributed by atoms with van der Waals surface area (Å²) in [6, 6.07) is 7.35. The molecule has 1 aromatic rings. The van der Waals surface area contributed by atoms with Crippen LogP contribution < -0.4 is 11.1 Å². The van der Waals surface area contributed by atoms with E-state index < -0.39 is 0 Å². The summed E-state index contributed by atoms with van der Waals surface area (Å²) >= 11 is 5.83. The molecule has 0 radical (unpaired) electrons. The molecule has 0 bridgehead atoms. The van der Waals surface area contributed by atoms with Gasteiger partial charge in [0.15, 0.2) is 0 Å². The van der Waals surface area contributed by atoms with E-state index in [9.17, 15) is 4.79 Å². The van der Waals surface area contributed by atoms with E-state index in [2.05, 4.69) is 11.9 Å². The van der Waals surface area contributed by atoms with Crippen molar-refractivity contribution in [3.63, 3.8) is 0 Å². The molecule has 0 saturated carbocycles. The van der Waals surface area contributed by atoms with Crippen LogP contribution in [0.2, 0.25) is 5.02 Å². The summed E-state index contributed by atoms with van der Waals surface area (Å²) in [5, 5.41) is 3.42. The molecule has 3 N–H and O–H groups in total. The highest BCUT2D eigenvalue weighted by molar-refractivity contribution is 6.30. The Kier molecular flexibility index (Phi) is 5.02. The number of carbonyl (C=O) groups excluding carboxylic acids is 1. The van der Waals surface area contributed by atoms with E-state index in [1.54, 1.807) is 6.07 Å². The van der Waals surface area contributed by atoms with Crippen molar-refractivity contribution in [1.29, 1.82) is 0 Å². The first kappa shape index (κ1) is 12.7. The number of nitrogens with one attached hydrogen (secondary N) is 1. The molecule has 0 atom stereocenters. The first-order valence-corrected chi connectivity index (χ1v) is 5.41. The van der Waals surface area contributed by atoms with Crippen molar-refractivity contribution < 1.29 is 4.79 Å². The van der Waals surface area contributed by atoms with E-state index >= 15 is 0 Å². The quantitative estimate of drug-likeness (QED) is 0.770. The van der Waals surface area contributed by atoms with Gasteiger partial charge in [-0.15, -0.1) is 0 Å². The Labute approximate surface area is 100 Å². The molecule has 0 aliphatic carbocycles. The van der Waals surface area contributed by atoms with Gasteiger partial charge in [-0.3, -0.25) is 4.79 Å². The molecule has 0 spiro atoms. The number of carbonyl (C=O) groups is 1. The molecular formula is C12H15ClN2O. The highest BCUT2D eigenvalue weighted by atomic mass is 35.5. The van der Waals surface area contributed by atoms with Crippen molar-refractivity contribution in [3.05, 3.63) is 47.0 Å². The maximum atomic E-state index is 11.5. The van der Waals surface area contributed by atoms with Crippen LogP contribution in [0.5, 0.6) is 0 Å². The minimum atomic E-state index is -0.162. The molecule has 4 heteroatoms. The second-order valence-electron chi connectivity index (χ2n) is 3.45. The molecule has 1 aromatic carbocycles. The zero-order valence-electron chi connectivity index (χ0n) is 9.00. The summed E-state index contributed by atoms with van der Waals surface area (Å²) in [5.41, 5.74) is 6.80. The van der Waals surface area contributed by atoms with Crippen LogP contribution in [-0.4, -0.2) is 12.5 Å². The fourth-order valence-electron chi connectivity index (χ4n) is 1.24. The van der Waals surface area contributed by atoms with Crippen molar-refractivity contribution in [2.24, 2.45) is 5.73 Å². The summed E-state index contributed by atoms with van der Waals surface area (Å²) in [4.78, 5) is 11.5. The lowest BCUT2D eigenvalue weighted by atomic mass is 10.2. The lowest BCUT2D eigenvalue weighted by Gasteiger charge is -2.07. The lowest BCUT2D eigenvalue weighted by Crippen LogP contribution is -2.25. The SMILES string of the molecule is C=C(CCN)C(=O)NCc1cccc(Cl)c1. The minimum Gasteiger partial charge on any atom is -0.348 e. The topological polar surface area (TPSA) is 55.1 Å². The van der Waals surface area contributed by atoms with Crippen LogP contribution in [0, 0.1) is 0 Å². The highest BCUT2D eigenvalue weighted by Crippen LogP contribution is 2.10. The Bertz CT molecular complexity index is 390. The van der Waals surface area contributed by atoms with Gasteiger partial charge in [0.2, 0.25) is 5.91 Å². The van der Waals surface area contributed by atoms with E-state index in [1.807, 2.05) is 18.2 Å². The Hall–Kier alpha value is -1.32. The summed E-state index contributed by atoms with van der Waals surface area (Å²) in [6.45, 7) is 4.54. The van der Waals surface area contributed by atoms with E-state index in [4.69, 9.17) is 17.3 Å². The summed E-state index contributed by atoms with van der Waals surface area (Å²) in [7, 11) is 0. The molecule has 16 heavy (non-hydrogen) atoms. The minimum absolute atomic E-state index is 0.162. The van der Waals surface area contributed by atoms with Crippen LogP contribution in [0.3, 0.4) is 0 Å². The Morgan fingerprint density at radius 1 is 1.50 bits per heavy atom. The molecule has 1 amide bonds. The summed E-state index contributed by atoms with van der Waals surface area (Å²) in [6.07, 6.45) is 0.515. The maximum absolute atomic E-state index is 11.5. The number of halogens is 1. The van der Waals surface area contributed by atoms with Crippen molar-refractivity contribution in [3.8, 4) is 0 Å². The first-order chi connectivity index (χ1) is 7.63. The van der Waals surface area contributed by atoms with Crippen LogP contribution >= 0.6 is 11.6 Å². The zero-order chi connectivity index (χ0) is 12.0. The lowest BCUT2D eigenvalue weighted by molar-refractivity contribution is -0.117. The van der Waals surface area contributed by atoms with Crippen molar-refractivity contribution in [2.45, 2.75) is 13.0 Å². The van der Waals surface area contributed by atoms with E-state index in [-0.39, 0.29) is 5.91 Å². The van der Waals surface area contributed by atoms with Crippen LogP contribution in [0.15, 0.2) is 36.4 Å². The molecule has 86 valence electrons. The largest absolute Gasteiger partial charge is 0.348 e. The van der Waals surface area contributed by atoms with Gasteiger partial charge in [-0.2, -0.15) is 0 Å². The Morgan fingerprint density at radius 3 is 2.88 bits per heavy atom. The standard InChI is InChI=1S/C12H15ClN2O/c1-9(5-6-14)12(16)15-8-10-3-2-4-11(13)7-10/h2-4,7H,1,5-6,8,14H2,(H,15,16). The van der Waals surface area contributed by atoms with Crippen LogP contribution in [0.1, 0.15) is 12.0 Å². The zero-order valence-corrected chi connectivity index (χ0v) is 9.76. The number of amides is 1. The van der Waals surface area contributed by atoms with Crippen molar-refractivity contribution in [2.75, 3.05) is 6.54 Å². The van der Waals surface area contributed by atoms with Gasteiger partial charge >= 0.3 is 0 Å². The van der Waals surface area contributed by atoms with Crippen molar-refractivity contribution >= 4 is 17.5 Å². The van der Waals surface area contributed by atoms with Gasteiger partial charge in [0.1, 0.15) is 0 Å². The predicted octanol–water partition coefficient (Wildman–Crippen LogP) is 1.86. The fourth-order valence-corrected chi connectivity index (χ4v) is 1.45. The third-order valence-corrected chi connectivity index (χ3v) is 2.34. The molecule has 0 aromatic heterocycles. The maximum Gasteiger partial charge on any atom is 0.246 e. The molecule has 1 rings (SSSR count). The molecule has 0 aliphatic heterocycles. The molecule has 0 saturated heterocycles. The van der Waals surface area contributed by atoms with Gasteiger partial charge in [0, 0.05) is 17.1 Å². The van der Waals surface area contributed by atoms with Crippen LogP contribution in [-0.2, 0) is 11.3 Å². The monoisotopic (exact) mass is 238 g/mol. The summed E-state index contributed by atoms with van der Waals surface area (Å²) < 4.78 is 0. The third kappa shape index (κ3) is 4.04. The molecule has 0 heterocycles. The van der Waals surface area contributed by atoms with Gasteiger partial charge in [-0.25, -0.2) is 0 Å². The normalized spacial score (nSPS) is 9.88. The molecule has 0 aliphatic rings. The molecule has 3 nitrogen and oxygen atoms in total. The fraction of sp³-hybridized carbons (Fsp3) is 0.250. The molecule has 0 unspecified atom stereocenters. The molecule has 0 fully saturated rings. The number of hydrogen-bond acceptors (Lipinski definition) is 2. The van der Waals surface area contributed by atoms with E-state index in [0.29, 0.717) is 30.1 Å². The number of benzene rings is 1. The Morgan fingerprint density at radius 2 is 2.25 bits per heavy atom. The van der Waals surface area contributed by atoms with Crippen molar-refractivity contribution in [1.82, 2.24) is 5.32 Å². The number of hydrogen-bond donors (Lipinski definition) is 2. The molecular weight excluding hydrogens is 224 g/mol. The van der Waals surface area contributed by atoms with Gasteiger partial charge in [0.05, 0.1) is 0 Å². The van der Waals surface area contributed by atoms with E-state index in [0.717, 1.165) is 5.56 Å². The Balaban J connectivity index is 2.46. The third-order valence-electron chi connectivity index (χ3n) is 2.11. The van der Waals surface area contributed by atoms with Crippen LogP contribution in [0.4, 0.5) is 0 Å². The van der Waals surface area contributed by atoms with E-state index in [1.165, 1.54) is 0 Å². The van der Waals surface area contributed by atoms with Gasteiger partial charge in [0.25, 0.3) is 0 Å². The predicted molar refractivity (Wildman–Crippen MR) is 66.1 cm³/mol. The summed E-state index contributed by atoms with van der Waals surface area (Å²) in [5.74, 6) is -0.162. The second-order valence-corrected chi connectivity index (χ2v) is 3.89. The average Bonchev–Trinajstić information content (AvgIpc) is 2.26. The second kappa shape index (κ2) is 6.30. The van der Waals surface area contributed by atoms with Gasteiger partial charge < -0.3 is 11.1 Å². The first-order valence-electron chi connectivity index (χ1n) is 5.04. The highest BCUT2D eigenvalue weighted by Gasteiger charge is 2.05.